The topological polar surface area (TPSA) is 32.7 Å². The molecule has 23 heavy (non-hydrogen) atoms. The summed E-state index contributed by atoms with van der Waals surface area (Å²) in [6.45, 7) is 2.59. The summed E-state index contributed by atoms with van der Waals surface area (Å²) in [7, 11) is 0. The third-order valence-electron chi connectivity index (χ3n) is 4.06. The molecule has 2 aliphatic rings. The van der Waals surface area contributed by atoms with Crippen LogP contribution in [0.4, 0.5) is 0 Å². The van der Waals surface area contributed by atoms with Crippen LogP contribution in [0.3, 0.4) is 0 Å². The van der Waals surface area contributed by atoms with Crippen LogP contribution in [0.1, 0.15) is 23.2 Å². The molecule has 0 unspecified atom stereocenters. The molecule has 0 aromatic heterocycles. The van der Waals surface area contributed by atoms with Gasteiger partial charge in [-0.1, -0.05) is 51.1 Å². The summed E-state index contributed by atoms with van der Waals surface area (Å²) < 4.78 is 2.12. The fraction of sp³-hybridized carbons (Fsp3) is 0.500. The molecule has 1 amide bonds. The van der Waals surface area contributed by atoms with Gasteiger partial charge in [-0.15, -0.1) is 0 Å². The Hall–Kier alpha value is -0.170. The maximum absolute atomic E-state index is 12.6. The van der Waals surface area contributed by atoms with Crippen LogP contribution in [0.15, 0.2) is 27.7 Å². The van der Waals surface area contributed by atoms with Crippen LogP contribution in [-0.2, 0) is 0 Å². The quantitative estimate of drug-likeness (QED) is 0.687. The Morgan fingerprint density at radius 3 is 2.91 bits per heavy atom. The predicted octanol–water partition coefficient (Wildman–Crippen LogP) is 4.79. The molecule has 3 nitrogen and oxygen atoms in total. The largest absolute Gasteiger partial charge is 0.339 e. The molecule has 1 saturated heterocycles. The maximum atomic E-state index is 12.6. The number of halogens is 2. The summed E-state index contributed by atoms with van der Waals surface area (Å²) in [6, 6.07) is 5.43. The SMILES string of the molecule is O=C(c1cc(Br)ccc1Cl)N1CCC(CSC2=NCCS2)CC1. The van der Waals surface area contributed by atoms with E-state index in [9.17, 15) is 4.79 Å². The number of amides is 1. The molecule has 124 valence electrons. The molecule has 2 aliphatic heterocycles. The Balaban J connectivity index is 1.52. The second kappa shape index (κ2) is 8.28. The Morgan fingerprint density at radius 2 is 2.22 bits per heavy atom. The van der Waals surface area contributed by atoms with E-state index in [1.165, 1.54) is 4.38 Å². The van der Waals surface area contributed by atoms with Gasteiger partial charge in [0.05, 0.1) is 17.1 Å². The van der Waals surface area contributed by atoms with Gasteiger partial charge in [0, 0.05) is 29.1 Å². The molecule has 0 saturated carbocycles. The number of rotatable bonds is 3. The number of thioether (sulfide) groups is 2. The summed E-state index contributed by atoms with van der Waals surface area (Å²) in [5.74, 6) is 2.96. The molecule has 0 aliphatic carbocycles. The molecule has 3 rings (SSSR count). The van der Waals surface area contributed by atoms with Crippen LogP contribution < -0.4 is 0 Å². The molecular weight excluding hydrogens is 416 g/mol. The Kier molecular flexibility index (Phi) is 6.35. The van der Waals surface area contributed by atoms with Gasteiger partial charge in [-0.05, 0) is 37.0 Å². The first-order chi connectivity index (χ1) is 11.1. The van der Waals surface area contributed by atoms with E-state index in [1.54, 1.807) is 6.07 Å². The highest BCUT2D eigenvalue weighted by Crippen LogP contribution is 2.29. The van der Waals surface area contributed by atoms with Gasteiger partial charge in [-0.3, -0.25) is 9.79 Å². The van der Waals surface area contributed by atoms with Gasteiger partial charge < -0.3 is 4.90 Å². The average molecular weight is 434 g/mol. The van der Waals surface area contributed by atoms with Gasteiger partial charge >= 0.3 is 0 Å². The van der Waals surface area contributed by atoms with Crippen molar-refractivity contribution in [2.45, 2.75) is 12.8 Å². The smallest absolute Gasteiger partial charge is 0.255 e. The second-order valence-corrected chi connectivity index (χ2v) is 9.34. The minimum Gasteiger partial charge on any atom is -0.339 e. The van der Waals surface area contributed by atoms with Crippen LogP contribution >= 0.6 is 51.1 Å². The molecule has 0 radical (unpaired) electrons. The first kappa shape index (κ1) is 17.6. The molecule has 0 atom stereocenters. The van der Waals surface area contributed by atoms with Gasteiger partial charge in [0.15, 0.2) is 0 Å². The number of carbonyl (C=O) groups excluding carboxylic acids is 1. The molecular formula is C16H18BrClN2OS2. The van der Waals surface area contributed by atoms with E-state index in [2.05, 4.69) is 20.9 Å². The third-order valence-corrected chi connectivity index (χ3v) is 7.37. The molecule has 1 aromatic carbocycles. The van der Waals surface area contributed by atoms with Crippen molar-refractivity contribution in [2.75, 3.05) is 31.1 Å². The lowest BCUT2D eigenvalue weighted by Crippen LogP contribution is -2.39. The van der Waals surface area contributed by atoms with Crippen LogP contribution in [0.5, 0.6) is 0 Å². The number of carbonyl (C=O) groups is 1. The minimum absolute atomic E-state index is 0.0399. The number of hydrogen-bond donors (Lipinski definition) is 0. The van der Waals surface area contributed by atoms with Crippen LogP contribution in [0.25, 0.3) is 0 Å². The van der Waals surface area contributed by atoms with Gasteiger partial charge in [-0.25, -0.2) is 0 Å². The summed E-state index contributed by atoms with van der Waals surface area (Å²) in [6.07, 6.45) is 2.12. The Morgan fingerprint density at radius 1 is 1.43 bits per heavy atom. The van der Waals surface area contributed by atoms with E-state index < -0.39 is 0 Å². The Labute approximate surface area is 158 Å². The average Bonchev–Trinajstić information content (AvgIpc) is 3.08. The highest BCUT2D eigenvalue weighted by Gasteiger charge is 2.25. The molecule has 0 spiro atoms. The highest BCUT2D eigenvalue weighted by atomic mass is 79.9. The van der Waals surface area contributed by atoms with Crippen molar-refractivity contribution in [2.24, 2.45) is 10.9 Å². The number of likely N-dealkylation sites (tertiary alicyclic amines) is 1. The maximum Gasteiger partial charge on any atom is 0.255 e. The summed E-state index contributed by atoms with van der Waals surface area (Å²) in [5, 5.41) is 0.521. The van der Waals surface area contributed by atoms with Crippen molar-refractivity contribution >= 4 is 61.3 Å². The van der Waals surface area contributed by atoms with E-state index in [1.807, 2.05) is 40.6 Å². The zero-order valence-corrected chi connectivity index (χ0v) is 16.6. The number of piperidine rings is 1. The van der Waals surface area contributed by atoms with E-state index in [0.29, 0.717) is 16.5 Å². The van der Waals surface area contributed by atoms with Crippen molar-refractivity contribution in [1.82, 2.24) is 4.90 Å². The highest BCUT2D eigenvalue weighted by molar-refractivity contribution is 9.10. The van der Waals surface area contributed by atoms with Crippen LogP contribution in [0.2, 0.25) is 5.02 Å². The normalized spacial score (nSPS) is 19.0. The Bertz CT molecular complexity index is 618. The zero-order valence-electron chi connectivity index (χ0n) is 12.6. The van der Waals surface area contributed by atoms with Crippen molar-refractivity contribution < 1.29 is 4.79 Å². The van der Waals surface area contributed by atoms with Crippen LogP contribution in [0, 0.1) is 5.92 Å². The third kappa shape index (κ3) is 4.68. The van der Waals surface area contributed by atoms with E-state index in [0.717, 1.165) is 48.5 Å². The zero-order chi connectivity index (χ0) is 16.2. The molecule has 2 heterocycles. The number of hydrogen-bond acceptors (Lipinski definition) is 4. The van der Waals surface area contributed by atoms with Crippen molar-refractivity contribution in [3.8, 4) is 0 Å². The minimum atomic E-state index is 0.0399. The first-order valence-electron chi connectivity index (χ1n) is 7.68. The first-order valence-corrected chi connectivity index (χ1v) is 10.8. The lowest BCUT2D eigenvalue weighted by atomic mass is 9.98. The van der Waals surface area contributed by atoms with Gasteiger partial charge in [-0.2, -0.15) is 0 Å². The summed E-state index contributed by atoms with van der Waals surface area (Å²) in [5.41, 5.74) is 0.588. The monoisotopic (exact) mass is 432 g/mol. The summed E-state index contributed by atoms with van der Waals surface area (Å²) >= 11 is 13.3. The van der Waals surface area contributed by atoms with E-state index in [4.69, 9.17) is 11.6 Å². The number of benzene rings is 1. The van der Waals surface area contributed by atoms with E-state index >= 15 is 0 Å². The lowest BCUT2D eigenvalue weighted by molar-refractivity contribution is 0.0699. The van der Waals surface area contributed by atoms with Crippen molar-refractivity contribution in [3.05, 3.63) is 33.3 Å². The molecule has 1 fully saturated rings. The summed E-state index contributed by atoms with van der Waals surface area (Å²) in [4.78, 5) is 19.0. The fourth-order valence-electron chi connectivity index (χ4n) is 2.73. The molecule has 7 heteroatoms. The van der Waals surface area contributed by atoms with Crippen molar-refractivity contribution in [1.29, 1.82) is 0 Å². The second-order valence-electron chi connectivity index (χ2n) is 5.67. The molecule has 0 bridgehead atoms. The van der Waals surface area contributed by atoms with Gasteiger partial charge in [0.1, 0.15) is 4.38 Å². The van der Waals surface area contributed by atoms with E-state index in [-0.39, 0.29) is 5.91 Å². The lowest BCUT2D eigenvalue weighted by Gasteiger charge is -2.32. The van der Waals surface area contributed by atoms with Crippen molar-refractivity contribution in [3.63, 3.8) is 0 Å². The predicted molar refractivity (Wildman–Crippen MR) is 105 cm³/mol. The standard InChI is InChI=1S/C16H18BrClN2OS2/c17-12-1-2-14(18)13(9-12)15(21)20-6-3-11(4-7-20)10-23-16-19-5-8-22-16/h1-2,9,11H,3-8,10H2. The van der Waals surface area contributed by atoms with Crippen LogP contribution in [-0.4, -0.2) is 46.3 Å². The molecule has 0 N–H and O–H groups in total. The van der Waals surface area contributed by atoms with Gasteiger partial charge in [0.2, 0.25) is 0 Å². The van der Waals surface area contributed by atoms with Gasteiger partial charge in [0.25, 0.3) is 5.91 Å². The number of aliphatic imine (C=N–C) groups is 1. The molecule has 1 aromatic rings. The number of nitrogens with zero attached hydrogens (tertiary/aromatic N) is 2. The fourth-order valence-corrected chi connectivity index (χ4v) is 5.51.